The van der Waals surface area contributed by atoms with Gasteiger partial charge >= 0.3 is 18.0 Å². The minimum Gasteiger partial charge on any atom is -0.471 e. The third-order valence-electron chi connectivity index (χ3n) is 5.08. The molecule has 5 atom stereocenters. The summed E-state index contributed by atoms with van der Waals surface area (Å²) in [6.07, 6.45) is -9.91. The summed E-state index contributed by atoms with van der Waals surface area (Å²) < 4.78 is 81.1. The zero-order chi connectivity index (χ0) is 27.4. The Bertz CT molecular complexity index is 986. The van der Waals surface area contributed by atoms with Crippen LogP contribution in [-0.4, -0.2) is 75.6 Å². The van der Waals surface area contributed by atoms with Gasteiger partial charge in [0.05, 0.1) is 23.7 Å². The van der Waals surface area contributed by atoms with Gasteiger partial charge in [-0.3, -0.25) is 14.3 Å². The molecule has 1 aliphatic rings. The molecule has 1 heterocycles. The van der Waals surface area contributed by atoms with Crippen LogP contribution in [0.4, 0.5) is 28.0 Å². The molecule has 0 aliphatic carbocycles. The van der Waals surface area contributed by atoms with Gasteiger partial charge in [0.2, 0.25) is 17.7 Å². The minimum atomic E-state index is -4.96. The van der Waals surface area contributed by atoms with Crippen molar-refractivity contribution < 1.29 is 50.8 Å². The van der Waals surface area contributed by atoms with Crippen molar-refractivity contribution in [3.05, 3.63) is 33.6 Å². The van der Waals surface area contributed by atoms with Crippen LogP contribution in [0.2, 0.25) is 0 Å². The summed E-state index contributed by atoms with van der Waals surface area (Å²) >= 11 is 0. The second kappa shape index (κ2) is 11.7. The van der Waals surface area contributed by atoms with Crippen LogP contribution in [0, 0.1) is 21.8 Å². The molecule has 0 unspecified atom stereocenters. The summed E-state index contributed by atoms with van der Waals surface area (Å²) in [7, 11) is -0.537. The number of aliphatic hydroxyl groups excluding tert-OH is 1. The number of carbonyl (C=O) groups is 1. The highest BCUT2D eigenvalue weighted by molar-refractivity contribution is 7.85. The number of ether oxygens (including phenoxy) is 3. The lowest BCUT2D eigenvalue weighted by molar-refractivity contribution is -0.389. The van der Waals surface area contributed by atoms with Crippen LogP contribution in [-0.2, 0) is 26.7 Å². The van der Waals surface area contributed by atoms with E-state index >= 15 is 0 Å². The van der Waals surface area contributed by atoms with Crippen molar-refractivity contribution in [2.24, 2.45) is 5.92 Å². The molecule has 1 aliphatic heterocycles. The first-order chi connectivity index (χ1) is 16.5. The molecule has 1 fully saturated rings. The van der Waals surface area contributed by atoms with E-state index in [4.69, 9.17) is 9.47 Å². The van der Waals surface area contributed by atoms with Crippen molar-refractivity contribution in [3.8, 4) is 5.75 Å². The Hall–Kier alpha value is -2.52. The third-order valence-corrected chi connectivity index (χ3v) is 6.61. The molecule has 1 aromatic carbocycles. The van der Waals surface area contributed by atoms with Gasteiger partial charge in [-0.1, -0.05) is 0 Å². The van der Waals surface area contributed by atoms with E-state index in [2.05, 4.69) is 10.1 Å². The molecule has 0 radical (unpaired) electrons. The quantitative estimate of drug-likeness (QED) is 0.290. The largest absolute Gasteiger partial charge is 0.471 e. The fraction of sp³-hybridized carbons (Fsp3) is 0.667. The van der Waals surface area contributed by atoms with Gasteiger partial charge in [-0.05, 0) is 44.9 Å². The summed E-state index contributed by atoms with van der Waals surface area (Å²) in [6.45, 7) is 3.89. The molecule has 10 nitrogen and oxygen atoms in total. The van der Waals surface area contributed by atoms with Crippen LogP contribution in [0.15, 0.2) is 12.1 Å². The maximum absolute atomic E-state index is 14.6. The lowest BCUT2D eigenvalue weighted by atomic mass is 9.91. The summed E-state index contributed by atoms with van der Waals surface area (Å²) in [5.74, 6) is -3.38. The second-order valence-electron chi connectivity index (χ2n) is 9.27. The van der Waals surface area contributed by atoms with Crippen molar-refractivity contribution >= 4 is 22.6 Å². The average molecular weight is 545 g/mol. The van der Waals surface area contributed by atoms with E-state index in [1.54, 1.807) is 20.8 Å². The number of alkyl carbamates (subject to hydrolysis) is 1. The Balaban J connectivity index is 2.31. The molecule has 0 aromatic heterocycles. The van der Waals surface area contributed by atoms with Crippen molar-refractivity contribution in [2.45, 2.75) is 57.2 Å². The van der Waals surface area contributed by atoms with Gasteiger partial charge in [0.15, 0.2) is 0 Å². The van der Waals surface area contributed by atoms with E-state index in [1.165, 1.54) is 0 Å². The molecule has 36 heavy (non-hydrogen) atoms. The Morgan fingerprint density at radius 1 is 1.31 bits per heavy atom. The second-order valence-corrected chi connectivity index (χ2v) is 10.8. The monoisotopic (exact) mass is 544 g/mol. The van der Waals surface area contributed by atoms with E-state index in [0.717, 1.165) is 19.2 Å². The Morgan fingerprint density at radius 2 is 1.94 bits per heavy atom. The van der Waals surface area contributed by atoms with Gasteiger partial charge in [0.25, 0.3) is 0 Å². The zero-order valence-electron chi connectivity index (χ0n) is 20.0. The molecular weight excluding hydrogens is 516 g/mol. The van der Waals surface area contributed by atoms with Gasteiger partial charge in [-0.2, -0.15) is 17.6 Å². The first kappa shape index (κ1) is 29.7. The normalized spacial score (nSPS) is 23.6. The number of methoxy groups -OCH3 is 1. The minimum absolute atomic E-state index is 0.0367. The summed E-state index contributed by atoms with van der Waals surface area (Å²) in [5, 5.41) is 24.5. The Morgan fingerprint density at radius 3 is 2.47 bits per heavy atom. The number of nitrogens with one attached hydrogen (secondary N) is 1. The van der Waals surface area contributed by atoms with Gasteiger partial charge in [-0.15, -0.1) is 0 Å². The van der Waals surface area contributed by atoms with E-state index in [-0.39, 0.29) is 23.5 Å². The van der Waals surface area contributed by atoms with E-state index in [1.807, 2.05) is 0 Å². The number of nitro benzene ring substituents is 1. The van der Waals surface area contributed by atoms with Crippen LogP contribution in [0.25, 0.3) is 0 Å². The lowest BCUT2D eigenvalue weighted by Gasteiger charge is -2.35. The number of nitrogens with zero attached hydrogens (tertiary/aromatic N) is 1. The zero-order valence-corrected chi connectivity index (χ0v) is 20.8. The smallest absolute Gasteiger partial charge is 0.427 e. The first-order valence-electron chi connectivity index (χ1n) is 10.7. The molecule has 0 bridgehead atoms. The Labute approximate surface area is 206 Å². The third kappa shape index (κ3) is 8.27. The number of benzene rings is 1. The predicted octanol–water partition coefficient (Wildman–Crippen LogP) is 2.87. The maximum Gasteiger partial charge on any atom is 0.427 e. The summed E-state index contributed by atoms with van der Waals surface area (Å²) in [4.78, 5) is 22.2. The van der Waals surface area contributed by atoms with Gasteiger partial charge in [0, 0.05) is 35.3 Å². The lowest BCUT2D eigenvalue weighted by Crippen LogP contribution is -2.55. The SMILES string of the molecule is COC[C@@H](Oc1cc(C[C@@H]2C[S@@](=O)C[C@H](NC(=O)OC(C)(C)C)[C@H]2O)cc(F)c1[N+](=O)[O-])C(F)(F)F. The number of aliphatic hydroxyl groups is 1. The summed E-state index contributed by atoms with van der Waals surface area (Å²) in [6, 6.07) is 0.634. The number of amides is 1. The van der Waals surface area contributed by atoms with E-state index in [0.29, 0.717) is 0 Å². The average Bonchev–Trinajstić information content (AvgIpc) is 2.68. The highest BCUT2D eigenvalue weighted by Crippen LogP contribution is 2.36. The van der Waals surface area contributed by atoms with Crippen molar-refractivity contribution in [2.75, 3.05) is 25.2 Å². The summed E-state index contributed by atoms with van der Waals surface area (Å²) in [5.41, 5.74) is -2.15. The van der Waals surface area contributed by atoms with Crippen molar-refractivity contribution in [1.29, 1.82) is 0 Å². The molecule has 0 saturated carbocycles. The first-order valence-corrected chi connectivity index (χ1v) is 12.2. The number of hydrogen-bond acceptors (Lipinski definition) is 8. The van der Waals surface area contributed by atoms with Crippen molar-refractivity contribution in [1.82, 2.24) is 5.32 Å². The highest BCUT2D eigenvalue weighted by Gasteiger charge is 2.43. The Kier molecular flexibility index (Phi) is 9.64. The van der Waals surface area contributed by atoms with Crippen LogP contribution < -0.4 is 10.1 Å². The molecule has 204 valence electrons. The van der Waals surface area contributed by atoms with Crippen LogP contribution in [0.5, 0.6) is 5.75 Å². The number of nitro groups is 1. The molecule has 1 amide bonds. The van der Waals surface area contributed by atoms with Crippen LogP contribution in [0.1, 0.15) is 26.3 Å². The number of hydrogen-bond donors (Lipinski definition) is 2. The number of carbonyl (C=O) groups excluding carboxylic acids is 1. The molecule has 1 saturated heterocycles. The fourth-order valence-electron chi connectivity index (χ4n) is 3.61. The number of rotatable bonds is 8. The van der Waals surface area contributed by atoms with Crippen molar-refractivity contribution in [3.63, 3.8) is 0 Å². The standard InChI is InChI=1S/C21H28F4N2O8S/c1-20(2,3)35-19(29)26-14-10-36(32)9-12(18(14)28)5-11-6-13(22)17(27(30)31)15(7-11)34-16(8-33-4)21(23,24)25/h6-7,12,14,16,18,28H,5,8-10H2,1-4H3,(H,26,29)/t12-,14+,16-,18+,36-/m1/s1. The molecule has 2 rings (SSSR count). The van der Waals surface area contributed by atoms with E-state index < -0.39 is 81.6 Å². The molecular formula is C21H28F4N2O8S. The van der Waals surface area contributed by atoms with Crippen LogP contribution in [0.3, 0.4) is 0 Å². The highest BCUT2D eigenvalue weighted by atomic mass is 32.2. The van der Waals surface area contributed by atoms with E-state index in [9.17, 15) is 41.8 Å². The van der Waals surface area contributed by atoms with Gasteiger partial charge in [-0.25, -0.2) is 4.79 Å². The number of halogens is 4. The molecule has 1 aromatic rings. The topological polar surface area (TPSA) is 137 Å². The maximum atomic E-state index is 14.6. The van der Waals surface area contributed by atoms with Gasteiger partial charge in [0.1, 0.15) is 5.60 Å². The molecule has 15 heteroatoms. The molecule has 0 spiro atoms. The van der Waals surface area contributed by atoms with Gasteiger partial charge < -0.3 is 24.6 Å². The fourth-order valence-corrected chi connectivity index (χ4v) is 5.22. The predicted molar refractivity (Wildman–Crippen MR) is 120 cm³/mol. The van der Waals surface area contributed by atoms with Crippen LogP contribution >= 0.6 is 0 Å². The number of alkyl halides is 3. The molecule has 2 N–H and O–H groups in total.